The van der Waals surface area contributed by atoms with E-state index in [4.69, 9.17) is 21.1 Å². The molecule has 1 amide bonds. The zero-order valence-corrected chi connectivity index (χ0v) is 18.4. The zero-order valence-electron chi connectivity index (χ0n) is 16.9. The summed E-state index contributed by atoms with van der Waals surface area (Å²) in [5.74, 6) is 0.261. The van der Waals surface area contributed by atoms with Crippen molar-refractivity contribution in [3.63, 3.8) is 0 Å². The minimum absolute atomic E-state index is 0.0130. The van der Waals surface area contributed by atoms with Gasteiger partial charge in [-0.2, -0.15) is 0 Å². The Labute approximate surface area is 182 Å². The van der Waals surface area contributed by atoms with E-state index in [0.717, 1.165) is 5.56 Å². The lowest BCUT2D eigenvalue weighted by Crippen LogP contribution is -2.33. The van der Waals surface area contributed by atoms with Crippen LogP contribution in [0, 0.1) is 0 Å². The number of nitrogens with one attached hydrogen (secondary N) is 2. The molecule has 0 atom stereocenters. The Balaban J connectivity index is 1.86. The van der Waals surface area contributed by atoms with E-state index in [-0.39, 0.29) is 18.8 Å². The molecule has 0 aromatic heterocycles. The quantitative estimate of drug-likeness (QED) is 0.511. The average molecular weight is 453 g/mol. The maximum Gasteiger partial charge on any atom is 0.244 e. The highest BCUT2D eigenvalue weighted by Crippen LogP contribution is 2.36. The van der Waals surface area contributed by atoms with Crippen molar-refractivity contribution in [3.05, 3.63) is 64.7 Å². The summed E-state index contributed by atoms with van der Waals surface area (Å²) in [6.45, 7) is 2.47. The van der Waals surface area contributed by atoms with Gasteiger partial charge in [-0.3, -0.25) is 4.79 Å². The summed E-state index contributed by atoms with van der Waals surface area (Å²) in [4.78, 5) is 12.0. The molecule has 0 spiro atoms. The molecule has 2 N–H and O–H groups in total. The predicted molar refractivity (Wildman–Crippen MR) is 118 cm³/mol. The Morgan fingerprint density at radius 2 is 1.93 bits per heavy atom. The summed E-state index contributed by atoms with van der Waals surface area (Å²) in [6, 6.07) is 12.5. The molecular formula is C21H25ClN2O5S. The molecule has 0 saturated heterocycles. The molecule has 0 radical (unpaired) electrons. The van der Waals surface area contributed by atoms with Crippen molar-refractivity contribution < 1.29 is 22.7 Å². The third kappa shape index (κ3) is 7.70. The van der Waals surface area contributed by atoms with Crippen LogP contribution in [0.5, 0.6) is 11.5 Å². The number of hydrogen-bond donors (Lipinski definition) is 2. The molecule has 0 aliphatic rings. The maximum atomic E-state index is 12.0. The molecule has 30 heavy (non-hydrogen) atoms. The van der Waals surface area contributed by atoms with E-state index in [1.54, 1.807) is 18.2 Å². The molecule has 9 heteroatoms. The van der Waals surface area contributed by atoms with E-state index in [0.29, 0.717) is 28.7 Å². The molecule has 7 nitrogen and oxygen atoms in total. The van der Waals surface area contributed by atoms with Crippen LogP contribution < -0.4 is 19.5 Å². The second-order valence-corrected chi connectivity index (χ2v) is 8.55. The van der Waals surface area contributed by atoms with E-state index in [2.05, 4.69) is 10.0 Å². The van der Waals surface area contributed by atoms with Crippen LogP contribution in [-0.2, 0) is 21.4 Å². The van der Waals surface area contributed by atoms with Crippen molar-refractivity contribution in [2.45, 2.75) is 13.5 Å². The van der Waals surface area contributed by atoms with E-state index < -0.39 is 15.9 Å². The topological polar surface area (TPSA) is 93.7 Å². The summed E-state index contributed by atoms with van der Waals surface area (Å²) >= 11 is 6.18. The number of benzene rings is 2. The van der Waals surface area contributed by atoms with Crippen LogP contribution in [0.3, 0.4) is 0 Å². The van der Waals surface area contributed by atoms with E-state index in [9.17, 15) is 13.2 Å². The van der Waals surface area contributed by atoms with Crippen LogP contribution >= 0.6 is 11.6 Å². The molecule has 2 aromatic rings. The number of hydrogen-bond acceptors (Lipinski definition) is 5. The number of sulfonamides is 1. The van der Waals surface area contributed by atoms with Gasteiger partial charge in [0.05, 0.1) is 24.5 Å². The molecule has 0 fully saturated rings. The number of carbonyl (C=O) groups is 1. The van der Waals surface area contributed by atoms with Gasteiger partial charge in [0, 0.05) is 19.2 Å². The molecule has 2 rings (SSSR count). The van der Waals surface area contributed by atoms with Crippen molar-refractivity contribution in [1.82, 2.24) is 10.0 Å². The van der Waals surface area contributed by atoms with Gasteiger partial charge in [0.1, 0.15) is 0 Å². The summed E-state index contributed by atoms with van der Waals surface area (Å²) in [5, 5.41) is 2.91. The number of ether oxygens (including phenoxy) is 2. The first-order chi connectivity index (χ1) is 14.3. The van der Waals surface area contributed by atoms with Crippen LogP contribution in [0.25, 0.3) is 6.08 Å². The number of carbonyl (C=O) groups excluding carboxylic acids is 1. The molecule has 0 aliphatic heterocycles. The third-order valence-electron chi connectivity index (χ3n) is 3.97. The first-order valence-corrected chi connectivity index (χ1v) is 11.3. The zero-order chi connectivity index (χ0) is 22.0. The maximum absolute atomic E-state index is 12.0. The van der Waals surface area contributed by atoms with Crippen LogP contribution in [0.2, 0.25) is 5.02 Å². The lowest BCUT2D eigenvalue weighted by molar-refractivity contribution is -0.116. The molecule has 0 heterocycles. The Morgan fingerprint density at radius 3 is 2.60 bits per heavy atom. The Hall–Kier alpha value is -2.55. The molecule has 0 unspecified atom stereocenters. The van der Waals surface area contributed by atoms with Gasteiger partial charge in [0.2, 0.25) is 15.9 Å². The predicted octanol–water partition coefficient (Wildman–Crippen LogP) is 3.00. The SMILES string of the molecule is CCOc1cc(/C=C/C(=O)NCCS(=O)(=O)NCc2ccccc2)cc(Cl)c1OC. The smallest absolute Gasteiger partial charge is 0.244 e. The van der Waals surface area contributed by atoms with Crippen molar-refractivity contribution in [2.24, 2.45) is 0 Å². The normalized spacial score (nSPS) is 11.4. The minimum atomic E-state index is -3.50. The number of rotatable bonds is 11. The van der Waals surface area contributed by atoms with Gasteiger partial charge in [0.15, 0.2) is 11.5 Å². The number of halogens is 1. The summed E-state index contributed by atoms with van der Waals surface area (Å²) < 4.78 is 37.3. The second-order valence-electron chi connectivity index (χ2n) is 6.22. The fourth-order valence-corrected chi connectivity index (χ4v) is 3.74. The molecule has 0 saturated carbocycles. The van der Waals surface area contributed by atoms with Gasteiger partial charge in [-0.05, 0) is 36.3 Å². The van der Waals surface area contributed by atoms with Gasteiger partial charge < -0.3 is 14.8 Å². The largest absolute Gasteiger partial charge is 0.491 e. The second kappa shape index (κ2) is 11.6. The third-order valence-corrected chi connectivity index (χ3v) is 5.58. The Kier molecular flexibility index (Phi) is 9.16. The molecule has 162 valence electrons. The van der Waals surface area contributed by atoms with Gasteiger partial charge in [-0.25, -0.2) is 13.1 Å². The minimum Gasteiger partial charge on any atom is -0.491 e. The summed E-state index contributed by atoms with van der Waals surface area (Å²) in [6.07, 6.45) is 2.86. The lowest BCUT2D eigenvalue weighted by atomic mass is 10.2. The Bertz CT molecular complexity index is 978. The molecule has 2 aromatic carbocycles. The summed E-state index contributed by atoms with van der Waals surface area (Å²) in [7, 11) is -2.01. The molecule has 0 bridgehead atoms. The van der Waals surface area contributed by atoms with Crippen LogP contribution in [-0.4, -0.2) is 40.3 Å². The molecular weight excluding hydrogens is 428 g/mol. The highest BCUT2D eigenvalue weighted by Gasteiger charge is 2.12. The molecule has 0 aliphatic carbocycles. The van der Waals surface area contributed by atoms with Crippen molar-refractivity contribution in [2.75, 3.05) is 26.0 Å². The fraction of sp³-hybridized carbons (Fsp3) is 0.286. The number of methoxy groups -OCH3 is 1. The first kappa shape index (κ1) is 23.7. The highest BCUT2D eigenvalue weighted by molar-refractivity contribution is 7.89. The van der Waals surface area contributed by atoms with E-state index in [1.807, 2.05) is 37.3 Å². The standard InChI is InChI=1S/C21H25ClN2O5S/c1-3-29-19-14-17(13-18(22)21(19)28-2)9-10-20(25)23-11-12-30(26,27)24-15-16-7-5-4-6-8-16/h4-10,13-14,24H,3,11-12,15H2,1-2H3,(H,23,25)/b10-9+. The fourth-order valence-electron chi connectivity index (χ4n) is 2.55. The van der Waals surface area contributed by atoms with Crippen LogP contribution in [0.15, 0.2) is 48.5 Å². The number of amides is 1. The van der Waals surface area contributed by atoms with E-state index in [1.165, 1.54) is 13.2 Å². The van der Waals surface area contributed by atoms with Gasteiger partial charge in [-0.15, -0.1) is 0 Å². The van der Waals surface area contributed by atoms with Crippen molar-refractivity contribution in [3.8, 4) is 11.5 Å². The Morgan fingerprint density at radius 1 is 1.20 bits per heavy atom. The summed E-state index contributed by atoms with van der Waals surface area (Å²) in [5.41, 5.74) is 1.51. The van der Waals surface area contributed by atoms with Crippen LogP contribution in [0.1, 0.15) is 18.1 Å². The van der Waals surface area contributed by atoms with E-state index >= 15 is 0 Å². The van der Waals surface area contributed by atoms with Gasteiger partial charge in [-0.1, -0.05) is 41.9 Å². The average Bonchev–Trinajstić information content (AvgIpc) is 2.72. The van der Waals surface area contributed by atoms with Gasteiger partial charge >= 0.3 is 0 Å². The first-order valence-electron chi connectivity index (χ1n) is 9.32. The van der Waals surface area contributed by atoms with Crippen LogP contribution in [0.4, 0.5) is 0 Å². The monoisotopic (exact) mass is 452 g/mol. The lowest BCUT2D eigenvalue weighted by Gasteiger charge is -2.11. The van der Waals surface area contributed by atoms with Crippen molar-refractivity contribution in [1.29, 1.82) is 0 Å². The highest BCUT2D eigenvalue weighted by atomic mass is 35.5. The van der Waals surface area contributed by atoms with Crippen molar-refractivity contribution >= 4 is 33.6 Å². The van der Waals surface area contributed by atoms with Gasteiger partial charge in [0.25, 0.3) is 0 Å².